The number of amides is 2. The molecule has 2 aromatic carbocycles. The molecule has 0 radical (unpaired) electrons. The number of nitrogens with zero attached hydrogens (tertiary/aromatic N) is 2. The maximum atomic E-state index is 12.2. The Kier molecular flexibility index (Phi) is 6.90. The molecule has 0 atom stereocenters. The van der Waals surface area contributed by atoms with Crippen molar-refractivity contribution < 1.29 is 19.4 Å². The van der Waals surface area contributed by atoms with Crippen molar-refractivity contribution in [2.75, 3.05) is 0 Å². The van der Waals surface area contributed by atoms with E-state index < -0.39 is 33.0 Å². The summed E-state index contributed by atoms with van der Waals surface area (Å²) in [6, 6.07) is 7.37. The summed E-state index contributed by atoms with van der Waals surface area (Å²) in [7, 11) is 0. The second-order valence-corrected chi connectivity index (χ2v) is 6.84. The molecule has 2 rings (SSSR count). The molecule has 2 amide bonds. The number of benzene rings is 2. The molecular weight excluding hydrogens is 470 g/mol. The standard InChI is InChI=1S/C16H12BrN5O6S/c1-8-2-3-9(6-13(8)17)15(24)19-20-16(29)18-14(23)10-4-11(21(25)26)7-12(5-10)22(27)28/h2-7H,1H3,(H,19,24)(H2,18,20,23,29). The van der Waals surface area contributed by atoms with Gasteiger partial charge in [-0.1, -0.05) is 22.0 Å². The number of non-ortho nitro benzene ring substituents is 2. The van der Waals surface area contributed by atoms with Crippen LogP contribution in [-0.2, 0) is 0 Å². The highest BCUT2D eigenvalue weighted by molar-refractivity contribution is 9.10. The van der Waals surface area contributed by atoms with Gasteiger partial charge in [0, 0.05) is 22.2 Å². The lowest BCUT2D eigenvalue weighted by Gasteiger charge is -2.11. The number of carbonyl (C=O) groups excluding carboxylic acids is 2. The van der Waals surface area contributed by atoms with Gasteiger partial charge in [0.1, 0.15) is 0 Å². The molecule has 0 saturated carbocycles. The lowest BCUT2D eigenvalue weighted by atomic mass is 10.1. The number of hydrogen-bond acceptors (Lipinski definition) is 7. The number of hydrogen-bond donors (Lipinski definition) is 3. The average Bonchev–Trinajstić information content (AvgIpc) is 2.67. The van der Waals surface area contributed by atoms with Gasteiger partial charge in [-0.15, -0.1) is 0 Å². The predicted octanol–water partition coefficient (Wildman–Crippen LogP) is 2.52. The van der Waals surface area contributed by atoms with Crippen LogP contribution in [0.2, 0.25) is 0 Å². The van der Waals surface area contributed by atoms with E-state index >= 15 is 0 Å². The molecule has 0 unspecified atom stereocenters. The minimum atomic E-state index is -0.929. The summed E-state index contributed by atoms with van der Waals surface area (Å²) >= 11 is 8.19. The van der Waals surface area contributed by atoms with Crippen molar-refractivity contribution in [3.63, 3.8) is 0 Å². The Balaban J connectivity index is 2.04. The first kappa shape index (κ1) is 21.8. The Morgan fingerprint density at radius 3 is 2.03 bits per heavy atom. The SMILES string of the molecule is Cc1ccc(C(=O)NNC(=S)NC(=O)c2cc([N+](=O)[O-])cc([N+](=O)[O-])c2)cc1Br. The number of hydrazine groups is 1. The lowest BCUT2D eigenvalue weighted by Crippen LogP contribution is -2.48. The molecule has 0 heterocycles. The van der Waals surface area contributed by atoms with Crippen LogP contribution in [0.5, 0.6) is 0 Å². The smallest absolute Gasteiger partial charge is 0.277 e. The van der Waals surface area contributed by atoms with Gasteiger partial charge in [0.25, 0.3) is 23.2 Å². The molecule has 11 nitrogen and oxygen atoms in total. The first-order valence-corrected chi connectivity index (χ1v) is 8.90. The average molecular weight is 482 g/mol. The summed E-state index contributed by atoms with van der Waals surface area (Å²) in [5.74, 6) is -1.46. The van der Waals surface area contributed by atoms with E-state index in [9.17, 15) is 29.8 Å². The van der Waals surface area contributed by atoms with Gasteiger partial charge in [-0.2, -0.15) is 0 Å². The van der Waals surface area contributed by atoms with Gasteiger partial charge in [0.2, 0.25) is 0 Å². The molecule has 150 valence electrons. The Morgan fingerprint density at radius 1 is 0.931 bits per heavy atom. The van der Waals surface area contributed by atoms with Crippen LogP contribution in [0.4, 0.5) is 11.4 Å². The number of halogens is 1. The Morgan fingerprint density at radius 2 is 1.52 bits per heavy atom. The summed E-state index contributed by atoms with van der Waals surface area (Å²) < 4.78 is 0.730. The molecule has 0 spiro atoms. The van der Waals surface area contributed by atoms with Crippen molar-refractivity contribution in [2.24, 2.45) is 0 Å². The quantitative estimate of drug-likeness (QED) is 0.341. The van der Waals surface area contributed by atoms with Gasteiger partial charge in [0.05, 0.1) is 21.5 Å². The minimum absolute atomic E-state index is 0.316. The summed E-state index contributed by atoms with van der Waals surface area (Å²) in [5.41, 5.74) is 4.25. The van der Waals surface area contributed by atoms with Gasteiger partial charge in [-0.25, -0.2) is 0 Å². The highest BCUT2D eigenvalue weighted by Crippen LogP contribution is 2.22. The van der Waals surface area contributed by atoms with Crippen molar-refractivity contribution in [2.45, 2.75) is 6.92 Å². The van der Waals surface area contributed by atoms with E-state index in [1.54, 1.807) is 18.2 Å². The maximum absolute atomic E-state index is 12.2. The van der Waals surface area contributed by atoms with E-state index in [4.69, 9.17) is 12.2 Å². The van der Waals surface area contributed by atoms with E-state index in [0.29, 0.717) is 5.56 Å². The van der Waals surface area contributed by atoms with E-state index in [-0.39, 0.29) is 10.7 Å². The molecule has 0 aliphatic rings. The molecule has 29 heavy (non-hydrogen) atoms. The molecule has 0 bridgehead atoms. The van der Waals surface area contributed by atoms with Crippen LogP contribution in [0.3, 0.4) is 0 Å². The third-order valence-corrected chi connectivity index (χ3v) is 4.60. The van der Waals surface area contributed by atoms with Crippen molar-refractivity contribution in [3.05, 3.63) is 77.8 Å². The fourth-order valence-corrected chi connectivity index (χ4v) is 2.59. The van der Waals surface area contributed by atoms with Crippen molar-refractivity contribution in [1.29, 1.82) is 0 Å². The lowest BCUT2D eigenvalue weighted by molar-refractivity contribution is -0.394. The molecule has 0 fully saturated rings. The highest BCUT2D eigenvalue weighted by Gasteiger charge is 2.20. The zero-order valence-electron chi connectivity index (χ0n) is 14.6. The van der Waals surface area contributed by atoms with Gasteiger partial charge < -0.3 is 0 Å². The highest BCUT2D eigenvalue weighted by atomic mass is 79.9. The number of thiocarbonyl (C=S) groups is 1. The summed E-state index contributed by atoms with van der Waals surface area (Å²) in [5, 5.41) is 23.6. The van der Waals surface area contributed by atoms with Crippen molar-refractivity contribution >= 4 is 56.4 Å². The third kappa shape index (κ3) is 5.76. The van der Waals surface area contributed by atoms with Gasteiger partial charge in [0.15, 0.2) is 5.11 Å². The van der Waals surface area contributed by atoms with Crippen LogP contribution < -0.4 is 16.2 Å². The van der Waals surface area contributed by atoms with Crippen LogP contribution in [0.15, 0.2) is 40.9 Å². The second-order valence-electron chi connectivity index (χ2n) is 5.58. The third-order valence-electron chi connectivity index (χ3n) is 3.54. The van der Waals surface area contributed by atoms with Crippen molar-refractivity contribution in [1.82, 2.24) is 16.2 Å². The molecule has 0 aliphatic carbocycles. The fourth-order valence-electron chi connectivity index (χ4n) is 2.06. The van der Waals surface area contributed by atoms with E-state index in [2.05, 4.69) is 32.1 Å². The van der Waals surface area contributed by atoms with E-state index in [1.807, 2.05) is 6.92 Å². The number of aryl methyl sites for hydroxylation is 1. The molecule has 3 N–H and O–H groups in total. The van der Waals surface area contributed by atoms with Gasteiger partial charge in [-0.3, -0.25) is 46.0 Å². The Labute approximate surface area is 176 Å². The van der Waals surface area contributed by atoms with Crippen LogP contribution in [0.25, 0.3) is 0 Å². The molecule has 13 heteroatoms. The molecule has 0 aromatic heterocycles. The van der Waals surface area contributed by atoms with Crippen LogP contribution >= 0.6 is 28.1 Å². The summed E-state index contributed by atoms with van der Waals surface area (Å²) in [6.07, 6.45) is 0. The number of nitro groups is 2. The zero-order valence-corrected chi connectivity index (χ0v) is 17.0. The molecule has 0 saturated heterocycles. The van der Waals surface area contributed by atoms with E-state index in [1.165, 1.54) is 0 Å². The minimum Gasteiger partial charge on any atom is -0.298 e. The summed E-state index contributed by atoms with van der Waals surface area (Å²) in [4.78, 5) is 44.4. The molecule has 0 aliphatic heterocycles. The molecular formula is C16H12BrN5O6S. The number of carbonyl (C=O) groups is 2. The van der Waals surface area contributed by atoms with E-state index in [0.717, 1.165) is 28.2 Å². The van der Waals surface area contributed by atoms with Crippen LogP contribution in [-0.4, -0.2) is 26.8 Å². The second kappa shape index (κ2) is 9.16. The Bertz CT molecular complexity index is 1010. The summed E-state index contributed by atoms with van der Waals surface area (Å²) in [6.45, 7) is 1.85. The van der Waals surface area contributed by atoms with Gasteiger partial charge >= 0.3 is 0 Å². The van der Waals surface area contributed by atoms with Crippen molar-refractivity contribution in [3.8, 4) is 0 Å². The van der Waals surface area contributed by atoms with Crippen LogP contribution in [0.1, 0.15) is 26.3 Å². The zero-order chi connectivity index (χ0) is 21.7. The Hall–Kier alpha value is -3.45. The fraction of sp³-hybridized carbons (Fsp3) is 0.0625. The predicted molar refractivity (Wildman–Crippen MR) is 109 cm³/mol. The first-order chi connectivity index (χ1) is 13.6. The monoisotopic (exact) mass is 481 g/mol. The topological polar surface area (TPSA) is 157 Å². The molecule has 2 aromatic rings. The normalized spacial score (nSPS) is 10.0. The van der Waals surface area contributed by atoms with Crippen LogP contribution in [0, 0.1) is 27.2 Å². The maximum Gasteiger partial charge on any atom is 0.277 e. The van der Waals surface area contributed by atoms with Gasteiger partial charge in [-0.05, 0) is 36.8 Å². The number of nitro benzene ring substituents is 2. The largest absolute Gasteiger partial charge is 0.298 e. The first-order valence-electron chi connectivity index (χ1n) is 7.70. The number of nitrogens with one attached hydrogen (secondary N) is 3. The number of rotatable bonds is 4.